The van der Waals surface area contributed by atoms with E-state index in [4.69, 9.17) is 23.7 Å². The Hall–Kier alpha value is -3.69. The zero-order valence-electron chi connectivity index (χ0n) is 17.8. The molecule has 0 N–H and O–H groups in total. The molecule has 0 spiro atoms. The number of hydrogen-bond donors (Lipinski definition) is 0. The molecule has 10 heteroatoms. The lowest BCUT2D eigenvalue weighted by atomic mass is 10.1. The number of carbonyl (C=O) groups is 1. The summed E-state index contributed by atoms with van der Waals surface area (Å²) in [5, 5.41) is 11.9. The van der Waals surface area contributed by atoms with Gasteiger partial charge in [0.15, 0.2) is 17.2 Å². The summed E-state index contributed by atoms with van der Waals surface area (Å²) in [7, 11) is 3.98. The molecule has 0 fully saturated rings. The molecule has 0 atom stereocenters. The number of nitrogens with zero attached hydrogens (tertiary/aromatic N) is 2. The first kappa shape index (κ1) is 22.0. The fourth-order valence-corrected chi connectivity index (χ4v) is 3.45. The van der Waals surface area contributed by atoms with E-state index in [1.807, 2.05) is 12.1 Å². The lowest BCUT2D eigenvalue weighted by Gasteiger charge is -2.25. The Morgan fingerprint density at radius 2 is 1.84 bits per heavy atom. The first-order valence-corrected chi connectivity index (χ1v) is 9.60. The van der Waals surface area contributed by atoms with E-state index in [9.17, 15) is 14.9 Å². The molecule has 0 unspecified atom stereocenters. The number of amides is 1. The minimum absolute atomic E-state index is 0.0407. The van der Waals surface area contributed by atoms with Crippen LogP contribution in [-0.2, 0) is 6.54 Å². The molecule has 0 bridgehead atoms. The number of rotatable bonds is 8. The number of nitro benzene ring substituents is 1. The van der Waals surface area contributed by atoms with Gasteiger partial charge in [-0.25, -0.2) is 0 Å². The summed E-state index contributed by atoms with van der Waals surface area (Å²) in [6.07, 6.45) is 0. The van der Waals surface area contributed by atoms with Crippen LogP contribution in [0.1, 0.15) is 22.8 Å². The van der Waals surface area contributed by atoms with Crippen LogP contribution in [0, 0.1) is 10.1 Å². The fourth-order valence-electron chi connectivity index (χ4n) is 3.45. The van der Waals surface area contributed by atoms with Gasteiger partial charge in [0.1, 0.15) is 18.8 Å². The van der Waals surface area contributed by atoms with Gasteiger partial charge in [0.2, 0.25) is 11.5 Å². The second-order valence-corrected chi connectivity index (χ2v) is 6.56. The maximum Gasteiger partial charge on any atom is 0.327 e. The Labute approximate surface area is 179 Å². The van der Waals surface area contributed by atoms with Crippen LogP contribution in [0.15, 0.2) is 24.3 Å². The number of hydrogen-bond acceptors (Lipinski definition) is 8. The van der Waals surface area contributed by atoms with Crippen molar-refractivity contribution in [2.24, 2.45) is 0 Å². The van der Waals surface area contributed by atoms with Crippen molar-refractivity contribution < 1.29 is 33.4 Å². The first-order valence-electron chi connectivity index (χ1n) is 9.60. The van der Waals surface area contributed by atoms with Crippen LogP contribution in [0.4, 0.5) is 5.69 Å². The van der Waals surface area contributed by atoms with E-state index in [-0.39, 0.29) is 29.4 Å². The van der Waals surface area contributed by atoms with Crippen LogP contribution in [0.3, 0.4) is 0 Å². The molecule has 1 aliphatic heterocycles. The average Bonchev–Trinajstić information content (AvgIpc) is 2.80. The molecular weight excluding hydrogens is 408 g/mol. The summed E-state index contributed by atoms with van der Waals surface area (Å²) in [6.45, 7) is 3.12. The molecule has 2 aromatic carbocycles. The van der Waals surface area contributed by atoms with E-state index < -0.39 is 16.5 Å². The summed E-state index contributed by atoms with van der Waals surface area (Å²) in [5.74, 6) is 0.630. The average molecular weight is 432 g/mol. The van der Waals surface area contributed by atoms with Gasteiger partial charge in [-0.05, 0) is 13.0 Å². The van der Waals surface area contributed by atoms with Crippen LogP contribution in [0.5, 0.6) is 28.7 Å². The van der Waals surface area contributed by atoms with Crippen molar-refractivity contribution in [1.29, 1.82) is 0 Å². The van der Waals surface area contributed by atoms with Crippen LogP contribution >= 0.6 is 0 Å². The van der Waals surface area contributed by atoms with Crippen molar-refractivity contribution in [2.75, 3.05) is 41.1 Å². The van der Waals surface area contributed by atoms with Gasteiger partial charge in [0.25, 0.3) is 5.91 Å². The third kappa shape index (κ3) is 4.14. The van der Waals surface area contributed by atoms with E-state index in [1.54, 1.807) is 13.0 Å². The van der Waals surface area contributed by atoms with Gasteiger partial charge in [-0.2, -0.15) is 0 Å². The Morgan fingerprint density at radius 3 is 2.45 bits per heavy atom. The van der Waals surface area contributed by atoms with Crippen molar-refractivity contribution in [3.63, 3.8) is 0 Å². The van der Waals surface area contributed by atoms with Crippen molar-refractivity contribution in [2.45, 2.75) is 13.5 Å². The fraction of sp³-hybridized carbons (Fsp3) is 0.381. The van der Waals surface area contributed by atoms with Gasteiger partial charge in [0.05, 0.1) is 26.3 Å². The topological polar surface area (TPSA) is 110 Å². The summed E-state index contributed by atoms with van der Waals surface area (Å²) in [5.41, 5.74) is 0.0871. The zero-order valence-corrected chi connectivity index (χ0v) is 17.8. The molecule has 0 aromatic heterocycles. The summed E-state index contributed by atoms with van der Waals surface area (Å²) in [4.78, 5) is 26.1. The smallest absolute Gasteiger partial charge is 0.327 e. The minimum atomic E-state index is -0.663. The summed E-state index contributed by atoms with van der Waals surface area (Å²) < 4.78 is 27.0. The van der Waals surface area contributed by atoms with Gasteiger partial charge < -0.3 is 28.6 Å². The van der Waals surface area contributed by atoms with E-state index in [1.165, 1.54) is 32.3 Å². The summed E-state index contributed by atoms with van der Waals surface area (Å²) in [6, 6.07) is 6.72. The highest BCUT2D eigenvalue weighted by Crippen LogP contribution is 2.46. The second-order valence-electron chi connectivity index (χ2n) is 6.56. The van der Waals surface area contributed by atoms with Gasteiger partial charge >= 0.3 is 5.69 Å². The maximum absolute atomic E-state index is 13.4. The first-order chi connectivity index (χ1) is 15.0. The normalized spacial score (nSPS) is 12.1. The number of para-hydroxylation sites is 1. The van der Waals surface area contributed by atoms with E-state index in [0.29, 0.717) is 31.3 Å². The monoisotopic (exact) mass is 432 g/mol. The predicted molar refractivity (Wildman–Crippen MR) is 111 cm³/mol. The van der Waals surface area contributed by atoms with Crippen molar-refractivity contribution >= 4 is 11.6 Å². The zero-order chi connectivity index (χ0) is 22.5. The number of nitro groups is 1. The minimum Gasteiger partial charge on any atom is -0.493 e. The van der Waals surface area contributed by atoms with E-state index in [0.717, 1.165) is 5.56 Å². The molecular formula is C21H24N2O8. The van der Waals surface area contributed by atoms with Crippen LogP contribution in [-0.4, -0.2) is 56.8 Å². The molecule has 0 saturated heterocycles. The number of carbonyl (C=O) groups excluding carboxylic acids is 1. The molecule has 1 heterocycles. The summed E-state index contributed by atoms with van der Waals surface area (Å²) >= 11 is 0. The van der Waals surface area contributed by atoms with Gasteiger partial charge in [-0.15, -0.1) is 0 Å². The second kappa shape index (κ2) is 9.41. The van der Waals surface area contributed by atoms with Gasteiger partial charge in [-0.1, -0.05) is 12.1 Å². The molecule has 0 aliphatic carbocycles. The number of benzene rings is 2. The molecule has 0 saturated carbocycles. The lowest BCUT2D eigenvalue weighted by Crippen LogP contribution is -2.31. The molecule has 3 rings (SSSR count). The van der Waals surface area contributed by atoms with Crippen molar-refractivity contribution in [1.82, 2.24) is 4.90 Å². The third-order valence-electron chi connectivity index (χ3n) is 4.89. The van der Waals surface area contributed by atoms with Gasteiger partial charge in [-0.3, -0.25) is 14.9 Å². The lowest BCUT2D eigenvalue weighted by molar-refractivity contribution is -0.386. The van der Waals surface area contributed by atoms with Crippen LogP contribution in [0.2, 0.25) is 0 Å². The van der Waals surface area contributed by atoms with Crippen LogP contribution in [0.25, 0.3) is 0 Å². The standard InChI is InChI=1S/C21H24N2O8/c1-5-22(12-13-7-6-8-15-18(13)31-10-9-30-15)21(24)14-11-16(27-2)19(28-3)20(29-4)17(14)23(25)26/h6-8,11H,5,9-10,12H2,1-4H3. The van der Waals surface area contributed by atoms with E-state index in [2.05, 4.69) is 0 Å². The molecule has 1 amide bonds. The van der Waals surface area contributed by atoms with Gasteiger partial charge in [0, 0.05) is 24.7 Å². The molecule has 166 valence electrons. The SMILES string of the molecule is CCN(Cc1cccc2c1OCCO2)C(=O)c1cc(OC)c(OC)c(OC)c1[N+](=O)[O-]. The largest absolute Gasteiger partial charge is 0.493 e. The third-order valence-corrected chi connectivity index (χ3v) is 4.89. The molecule has 31 heavy (non-hydrogen) atoms. The Kier molecular flexibility index (Phi) is 6.68. The highest BCUT2D eigenvalue weighted by atomic mass is 16.6. The maximum atomic E-state index is 13.4. The van der Waals surface area contributed by atoms with Crippen molar-refractivity contribution in [3.05, 3.63) is 45.5 Å². The highest BCUT2D eigenvalue weighted by molar-refractivity contribution is 6.00. The van der Waals surface area contributed by atoms with Crippen molar-refractivity contribution in [3.8, 4) is 28.7 Å². The molecule has 0 radical (unpaired) electrons. The molecule has 2 aromatic rings. The number of ether oxygens (including phenoxy) is 5. The molecule has 10 nitrogen and oxygen atoms in total. The Morgan fingerprint density at radius 1 is 1.13 bits per heavy atom. The van der Waals surface area contributed by atoms with Crippen LogP contribution < -0.4 is 23.7 Å². The highest BCUT2D eigenvalue weighted by Gasteiger charge is 2.34. The van der Waals surface area contributed by atoms with E-state index >= 15 is 0 Å². The predicted octanol–water partition coefficient (Wildman–Crippen LogP) is 3.05. The number of fused-ring (bicyclic) bond motifs is 1. The molecule has 1 aliphatic rings. The Bertz CT molecular complexity index is 992. The quantitative estimate of drug-likeness (QED) is 0.462. The Balaban J connectivity index is 2.05. The number of methoxy groups -OCH3 is 3.